The number of hydrogen-bond donors (Lipinski definition) is 3. The third-order valence-electron chi connectivity index (χ3n) is 5.48. The number of halogens is 2. The Morgan fingerprint density at radius 2 is 1.59 bits per heavy atom. The van der Waals surface area contributed by atoms with Crippen molar-refractivity contribution in [1.82, 2.24) is 10.7 Å². The van der Waals surface area contributed by atoms with Crippen LogP contribution in [0.1, 0.15) is 11.1 Å². The van der Waals surface area contributed by atoms with Crippen molar-refractivity contribution in [2.75, 3.05) is 39.8 Å². The average molecular weight is 587 g/mol. The van der Waals surface area contributed by atoms with Gasteiger partial charge in [-0.05, 0) is 66.1 Å². The highest BCUT2D eigenvalue weighted by atomic mass is 35.5. The normalized spacial score (nSPS) is 10.6. The zero-order valence-corrected chi connectivity index (χ0v) is 23.2. The molecule has 0 heterocycles. The number of ether oxygens (including phenoxy) is 4. The Morgan fingerprint density at radius 3 is 2.29 bits per heavy atom. The molecule has 0 aliphatic rings. The highest BCUT2D eigenvalue weighted by Gasteiger charge is 2.13. The molecule has 41 heavy (non-hydrogen) atoms. The fourth-order valence-corrected chi connectivity index (χ4v) is 3.63. The van der Waals surface area contributed by atoms with Gasteiger partial charge in [-0.25, -0.2) is 9.82 Å². The lowest BCUT2D eigenvalue weighted by atomic mass is 10.1. The van der Waals surface area contributed by atoms with Crippen LogP contribution in [-0.2, 0) is 20.8 Å². The van der Waals surface area contributed by atoms with E-state index >= 15 is 0 Å². The summed E-state index contributed by atoms with van der Waals surface area (Å²) < 4.78 is 34.5. The summed E-state index contributed by atoms with van der Waals surface area (Å²) in [6.45, 7) is -0.129. The Labute approximate surface area is 240 Å². The largest absolute Gasteiger partial charge is 0.493 e. The topological polar surface area (TPSA) is 137 Å². The summed E-state index contributed by atoms with van der Waals surface area (Å²) in [5, 5.41) is 8.75. The molecule has 3 aromatic rings. The van der Waals surface area contributed by atoms with Crippen molar-refractivity contribution in [1.29, 1.82) is 0 Å². The van der Waals surface area contributed by atoms with Gasteiger partial charge in [0.05, 0.1) is 32.6 Å². The molecule has 0 unspecified atom stereocenters. The molecule has 216 valence electrons. The third kappa shape index (κ3) is 9.11. The summed E-state index contributed by atoms with van der Waals surface area (Å²) >= 11 is 5.72. The Balaban J connectivity index is 1.46. The second-order valence-electron chi connectivity index (χ2n) is 8.27. The monoisotopic (exact) mass is 586 g/mol. The highest BCUT2D eigenvalue weighted by Crippen LogP contribution is 2.28. The average Bonchev–Trinajstić information content (AvgIpc) is 2.97. The molecular formula is C28H28ClFN4O7. The van der Waals surface area contributed by atoms with Crippen LogP contribution in [0.5, 0.6) is 23.0 Å². The number of methoxy groups -OCH3 is 3. The Bertz CT molecular complexity index is 1430. The van der Waals surface area contributed by atoms with E-state index in [1.54, 1.807) is 37.4 Å². The number of hydrazone groups is 1. The third-order valence-corrected chi connectivity index (χ3v) is 5.77. The van der Waals surface area contributed by atoms with Crippen molar-refractivity contribution < 1.29 is 37.7 Å². The van der Waals surface area contributed by atoms with Gasteiger partial charge in [-0.3, -0.25) is 14.4 Å². The smallest absolute Gasteiger partial charge is 0.329 e. The lowest BCUT2D eigenvalue weighted by Gasteiger charge is -2.11. The number of amides is 3. The minimum Gasteiger partial charge on any atom is -0.493 e. The summed E-state index contributed by atoms with van der Waals surface area (Å²) in [4.78, 5) is 36.3. The number of anilines is 1. The van der Waals surface area contributed by atoms with E-state index in [0.29, 0.717) is 34.9 Å². The Kier molecular flexibility index (Phi) is 11.3. The van der Waals surface area contributed by atoms with Crippen LogP contribution in [-0.4, -0.2) is 58.4 Å². The van der Waals surface area contributed by atoms with Crippen LogP contribution < -0.4 is 35.0 Å². The number of carbonyl (C=O) groups is 3. The van der Waals surface area contributed by atoms with E-state index in [9.17, 15) is 18.8 Å². The predicted octanol–water partition coefficient (Wildman–Crippen LogP) is 3.33. The molecule has 13 heteroatoms. The molecule has 3 N–H and O–H groups in total. The number of rotatable bonds is 12. The summed E-state index contributed by atoms with van der Waals surface area (Å²) in [7, 11) is 4.49. The lowest BCUT2D eigenvalue weighted by molar-refractivity contribution is -0.139. The first kappa shape index (κ1) is 30.7. The van der Waals surface area contributed by atoms with Crippen LogP contribution in [0.4, 0.5) is 10.1 Å². The lowest BCUT2D eigenvalue weighted by Crippen LogP contribution is -2.38. The van der Waals surface area contributed by atoms with E-state index in [1.807, 2.05) is 6.07 Å². The first-order valence-corrected chi connectivity index (χ1v) is 12.5. The van der Waals surface area contributed by atoms with Gasteiger partial charge in [0, 0.05) is 12.2 Å². The van der Waals surface area contributed by atoms with Gasteiger partial charge < -0.3 is 29.6 Å². The first-order valence-electron chi connectivity index (χ1n) is 12.1. The molecule has 0 aromatic heterocycles. The van der Waals surface area contributed by atoms with E-state index in [-0.39, 0.29) is 23.9 Å². The quantitative estimate of drug-likeness (QED) is 0.168. The molecule has 3 amide bonds. The Hall–Kier alpha value is -4.84. The number of nitrogens with zero attached hydrogens (tertiary/aromatic N) is 1. The maximum Gasteiger partial charge on any atom is 0.329 e. The minimum absolute atomic E-state index is 0.120. The molecule has 3 aromatic carbocycles. The Morgan fingerprint density at radius 1 is 0.878 bits per heavy atom. The van der Waals surface area contributed by atoms with Crippen LogP contribution in [0.2, 0.25) is 5.02 Å². The van der Waals surface area contributed by atoms with Gasteiger partial charge >= 0.3 is 11.8 Å². The molecule has 0 aliphatic heterocycles. The van der Waals surface area contributed by atoms with Crippen molar-refractivity contribution in [3.63, 3.8) is 0 Å². The first-order chi connectivity index (χ1) is 19.7. The highest BCUT2D eigenvalue weighted by molar-refractivity contribution is 6.35. The minimum atomic E-state index is -0.936. The molecule has 0 spiro atoms. The fraction of sp³-hybridized carbons (Fsp3) is 0.214. The van der Waals surface area contributed by atoms with Crippen molar-refractivity contribution in [2.24, 2.45) is 5.10 Å². The van der Waals surface area contributed by atoms with Crippen LogP contribution in [0.3, 0.4) is 0 Å². The molecule has 3 rings (SSSR count). The van der Waals surface area contributed by atoms with Gasteiger partial charge in [-0.2, -0.15) is 5.10 Å². The molecule has 0 saturated carbocycles. The van der Waals surface area contributed by atoms with Crippen molar-refractivity contribution in [3.05, 3.63) is 76.6 Å². The van der Waals surface area contributed by atoms with Gasteiger partial charge in [0.15, 0.2) is 29.6 Å². The van der Waals surface area contributed by atoms with Gasteiger partial charge in [0.1, 0.15) is 5.82 Å². The van der Waals surface area contributed by atoms with E-state index < -0.39 is 23.5 Å². The molecule has 0 atom stereocenters. The predicted molar refractivity (Wildman–Crippen MR) is 151 cm³/mol. The fourth-order valence-electron chi connectivity index (χ4n) is 3.45. The maximum atomic E-state index is 13.3. The zero-order chi connectivity index (χ0) is 29.8. The van der Waals surface area contributed by atoms with Crippen LogP contribution in [0, 0.1) is 5.82 Å². The number of hydrogen-bond acceptors (Lipinski definition) is 8. The summed E-state index contributed by atoms with van der Waals surface area (Å²) in [5.74, 6) is -1.14. The van der Waals surface area contributed by atoms with Crippen LogP contribution in [0.25, 0.3) is 0 Å². The van der Waals surface area contributed by atoms with Crippen molar-refractivity contribution in [3.8, 4) is 23.0 Å². The second kappa shape index (κ2) is 15.1. The maximum absolute atomic E-state index is 13.3. The SMILES string of the molecule is COc1ccc(CCNC(=O)C(=O)N/N=C\c2ccc(OCC(=O)Nc3ccc(F)c(Cl)c3)c(OC)c2)cc1OC. The van der Waals surface area contributed by atoms with E-state index in [0.717, 1.165) is 11.6 Å². The number of benzene rings is 3. The molecule has 0 radical (unpaired) electrons. The van der Waals surface area contributed by atoms with Crippen molar-refractivity contribution >= 4 is 41.2 Å². The molecule has 0 saturated heterocycles. The van der Waals surface area contributed by atoms with Gasteiger partial charge in [0.25, 0.3) is 5.91 Å². The van der Waals surface area contributed by atoms with E-state index in [4.69, 9.17) is 30.5 Å². The zero-order valence-electron chi connectivity index (χ0n) is 22.5. The van der Waals surface area contributed by atoms with E-state index in [2.05, 4.69) is 21.2 Å². The molecular weight excluding hydrogens is 559 g/mol. The summed E-state index contributed by atoms with van der Waals surface area (Å²) in [6.07, 6.45) is 1.78. The van der Waals surface area contributed by atoms with Gasteiger partial charge in [-0.15, -0.1) is 0 Å². The molecule has 0 fully saturated rings. The van der Waals surface area contributed by atoms with Gasteiger partial charge in [-0.1, -0.05) is 17.7 Å². The molecule has 11 nitrogen and oxygen atoms in total. The van der Waals surface area contributed by atoms with Crippen LogP contribution >= 0.6 is 11.6 Å². The standard InChI is InChI=1S/C28H28ClFN4O7/c1-38-22-8-4-17(12-24(22)39-2)10-11-31-27(36)28(37)34-32-15-18-5-9-23(25(13-18)40-3)41-16-26(35)33-19-6-7-21(30)20(29)14-19/h4-9,12-15H,10-11,16H2,1-3H3,(H,31,36)(H,33,35)(H,34,37)/b32-15-. The number of carbonyl (C=O) groups excluding carboxylic acids is 3. The summed E-state index contributed by atoms with van der Waals surface area (Å²) in [5.41, 5.74) is 3.89. The molecule has 0 bridgehead atoms. The van der Waals surface area contributed by atoms with Crippen molar-refractivity contribution in [2.45, 2.75) is 6.42 Å². The van der Waals surface area contributed by atoms with Crippen LogP contribution in [0.15, 0.2) is 59.7 Å². The van der Waals surface area contributed by atoms with Gasteiger partial charge in [0.2, 0.25) is 0 Å². The second-order valence-corrected chi connectivity index (χ2v) is 8.68. The van der Waals surface area contributed by atoms with E-state index in [1.165, 1.54) is 32.6 Å². The number of nitrogens with one attached hydrogen (secondary N) is 3. The molecule has 0 aliphatic carbocycles. The summed E-state index contributed by atoms with van der Waals surface area (Å²) in [6, 6.07) is 13.9.